The fraction of sp³-hybridized carbons (Fsp3) is 0.326. The highest BCUT2D eigenvalue weighted by atomic mass is 35.5. The minimum atomic E-state index is -4.79. The van der Waals surface area contributed by atoms with Crippen molar-refractivity contribution in [3.63, 3.8) is 0 Å². The predicted molar refractivity (Wildman–Crippen MR) is 225 cm³/mol. The number of phosphoric acid groups is 1. The van der Waals surface area contributed by atoms with Crippen molar-refractivity contribution in [3.8, 4) is 17.2 Å². The molecule has 59 heavy (non-hydrogen) atoms. The molecule has 1 fully saturated rings. The molecule has 4 aromatic carbocycles. The van der Waals surface area contributed by atoms with Gasteiger partial charge in [-0.1, -0.05) is 99.1 Å². The standard InChI is InChI=1S/C37H34ClN4O9P.C6H15N/c1-46-27-16-12-25(13-17-27)37(24-8-4-3-5-9-24,26-14-18-28(47-2)19-15-26)48-21-32-31(51-52(44,45)50-30-11-7-6-10-29(30)38)20-33(49-32)42-23-41-34-35(42)39-22-40-36(34)43;1-4-7(5-2)6-3/h3-19,22-23,31-33H,20-21H2,1-2H3,(H,44,45)(H,39,40,43);4-6H2,1-3H3/t31-,32+,33+;/m0./s1. The zero-order valence-electron chi connectivity index (χ0n) is 33.6. The van der Waals surface area contributed by atoms with Crippen molar-refractivity contribution in [2.24, 2.45) is 0 Å². The lowest BCUT2D eigenvalue weighted by Gasteiger charge is -2.37. The number of rotatable bonds is 16. The van der Waals surface area contributed by atoms with Crippen molar-refractivity contribution in [1.29, 1.82) is 0 Å². The van der Waals surface area contributed by atoms with Gasteiger partial charge in [0.2, 0.25) is 0 Å². The van der Waals surface area contributed by atoms with Crippen LogP contribution in [-0.4, -0.2) is 82.0 Å². The summed E-state index contributed by atoms with van der Waals surface area (Å²) in [7, 11) is -1.60. The van der Waals surface area contributed by atoms with Crippen LogP contribution in [0.4, 0.5) is 0 Å². The fourth-order valence-corrected chi connectivity index (χ4v) is 8.24. The number of aromatic nitrogens is 4. The Hall–Kier alpha value is -5.05. The Morgan fingerprint density at radius 2 is 1.44 bits per heavy atom. The monoisotopic (exact) mass is 845 g/mol. The fourth-order valence-electron chi connectivity index (χ4n) is 6.99. The first-order valence-corrected chi connectivity index (χ1v) is 21.1. The van der Waals surface area contributed by atoms with Gasteiger partial charge in [-0.15, -0.1) is 0 Å². The first kappa shape index (κ1) is 43.5. The zero-order chi connectivity index (χ0) is 42.0. The molecule has 14 nitrogen and oxygen atoms in total. The average Bonchev–Trinajstić information content (AvgIpc) is 3.88. The number of benzene rings is 4. The summed E-state index contributed by atoms with van der Waals surface area (Å²) in [6.45, 7) is 9.99. The van der Waals surface area contributed by atoms with Crippen LogP contribution in [0.3, 0.4) is 0 Å². The van der Waals surface area contributed by atoms with Crippen molar-refractivity contribution < 1.29 is 37.5 Å². The molecule has 0 aliphatic carbocycles. The van der Waals surface area contributed by atoms with Gasteiger partial charge in [0, 0.05) is 6.42 Å². The lowest BCUT2D eigenvalue weighted by atomic mass is 9.80. The number of phosphoric ester groups is 1. The highest BCUT2D eigenvalue weighted by Gasteiger charge is 2.46. The Morgan fingerprint density at radius 1 is 0.864 bits per heavy atom. The molecule has 0 bridgehead atoms. The van der Waals surface area contributed by atoms with E-state index in [-0.39, 0.29) is 35.0 Å². The van der Waals surface area contributed by atoms with Gasteiger partial charge in [-0.05, 0) is 72.7 Å². The van der Waals surface area contributed by atoms with Crippen LogP contribution in [0.5, 0.6) is 17.2 Å². The Labute approximate surface area is 348 Å². The highest BCUT2D eigenvalue weighted by molar-refractivity contribution is 7.47. The van der Waals surface area contributed by atoms with Crippen LogP contribution in [0, 0.1) is 0 Å². The number of fused-ring (bicyclic) bond motifs is 1. The molecule has 1 saturated heterocycles. The number of para-hydroxylation sites is 1. The maximum Gasteiger partial charge on any atom is 0.527 e. The third kappa shape index (κ3) is 10.0. The highest BCUT2D eigenvalue weighted by Crippen LogP contribution is 2.50. The van der Waals surface area contributed by atoms with Crippen LogP contribution in [-0.2, 0) is 24.2 Å². The number of ether oxygens (including phenoxy) is 4. The number of imidazole rings is 1. The van der Waals surface area contributed by atoms with E-state index in [4.69, 9.17) is 39.6 Å². The first-order valence-electron chi connectivity index (χ1n) is 19.3. The Bertz CT molecular complexity index is 2310. The number of hydrogen-bond donors (Lipinski definition) is 2. The van der Waals surface area contributed by atoms with E-state index in [9.17, 15) is 14.3 Å². The normalized spacial score (nSPS) is 17.6. The van der Waals surface area contributed by atoms with Crippen LogP contribution in [0.1, 0.15) is 50.1 Å². The first-order chi connectivity index (χ1) is 28.5. The van der Waals surface area contributed by atoms with Gasteiger partial charge in [0.1, 0.15) is 41.3 Å². The number of nitrogens with zero attached hydrogens (tertiary/aromatic N) is 4. The van der Waals surface area contributed by atoms with Gasteiger partial charge >= 0.3 is 7.82 Å². The lowest BCUT2D eigenvalue weighted by molar-refractivity contribution is -0.0919. The summed E-state index contributed by atoms with van der Waals surface area (Å²) < 4.78 is 50.9. The topological polar surface area (TPSA) is 159 Å². The van der Waals surface area contributed by atoms with Crippen molar-refractivity contribution in [1.82, 2.24) is 24.4 Å². The maximum atomic E-state index is 13.5. The van der Waals surface area contributed by atoms with Gasteiger partial charge in [-0.25, -0.2) is 14.5 Å². The number of halogens is 1. The minimum absolute atomic E-state index is 0.0237. The van der Waals surface area contributed by atoms with Crippen molar-refractivity contribution >= 4 is 30.6 Å². The third-order valence-electron chi connectivity index (χ3n) is 10.2. The maximum absolute atomic E-state index is 13.5. The molecule has 2 N–H and O–H groups in total. The van der Waals surface area contributed by atoms with Crippen LogP contribution >= 0.6 is 19.4 Å². The lowest BCUT2D eigenvalue weighted by Crippen LogP contribution is -2.38. The second-order valence-corrected chi connectivity index (χ2v) is 15.2. The van der Waals surface area contributed by atoms with E-state index in [1.807, 2.05) is 78.9 Å². The SMILES string of the molecule is CCN(CC)CC.COc1ccc(C(OC[C@H]2O[C@@H](n3cnc4c(=O)[nH]cnc43)C[C@@H]2OP(=O)(O)Oc2ccccc2Cl)(c2ccccc2)c2ccc(OC)cc2)cc1. The van der Waals surface area contributed by atoms with Gasteiger partial charge in [-0.2, -0.15) is 0 Å². The number of hydrogen-bond acceptors (Lipinski definition) is 11. The number of nitrogens with one attached hydrogen (secondary N) is 1. The molecule has 16 heteroatoms. The van der Waals surface area contributed by atoms with Gasteiger partial charge in [0.25, 0.3) is 5.56 Å². The van der Waals surface area contributed by atoms with Crippen LogP contribution < -0.4 is 19.6 Å². The average molecular weight is 846 g/mol. The molecule has 1 aliphatic heterocycles. The summed E-state index contributed by atoms with van der Waals surface area (Å²) in [6.07, 6.45) is -0.0643. The van der Waals surface area contributed by atoms with Gasteiger partial charge in [0.05, 0.1) is 38.5 Å². The molecular weight excluding hydrogens is 797 g/mol. The summed E-state index contributed by atoms with van der Waals surface area (Å²) in [5.74, 6) is 1.30. The summed E-state index contributed by atoms with van der Waals surface area (Å²) >= 11 is 6.23. The molecule has 312 valence electrons. The van der Waals surface area contributed by atoms with Gasteiger partial charge < -0.3 is 33.4 Å². The van der Waals surface area contributed by atoms with Crippen molar-refractivity contribution in [2.45, 2.75) is 51.2 Å². The molecule has 4 atom stereocenters. The van der Waals surface area contributed by atoms with Gasteiger partial charge in [-0.3, -0.25) is 18.8 Å². The van der Waals surface area contributed by atoms with E-state index >= 15 is 0 Å². The molecule has 2 aromatic heterocycles. The summed E-state index contributed by atoms with van der Waals surface area (Å²) in [5.41, 5.74) is 1.08. The summed E-state index contributed by atoms with van der Waals surface area (Å²) in [4.78, 5) is 36.9. The molecule has 0 saturated carbocycles. The molecule has 0 amide bonds. The molecule has 3 heterocycles. The predicted octanol–water partition coefficient (Wildman–Crippen LogP) is 8.00. The summed E-state index contributed by atoms with van der Waals surface area (Å²) in [6, 6.07) is 31.0. The van der Waals surface area contributed by atoms with E-state index in [1.165, 1.54) is 44.4 Å². The van der Waals surface area contributed by atoms with Crippen molar-refractivity contribution in [2.75, 3.05) is 40.5 Å². The van der Waals surface area contributed by atoms with E-state index in [0.29, 0.717) is 11.5 Å². The van der Waals surface area contributed by atoms with E-state index in [1.54, 1.807) is 30.9 Å². The van der Waals surface area contributed by atoms with Crippen LogP contribution in [0.2, 0.25) is 5.02 Å². The van der Waals surface area contributed by atoms with E-state index in [0.717, 1.165) is 16.7 Å². The molecule has 1 unspecified atom stereocenters. The summed E-state index contributed by atoms with van der Waals surface area (Å²) in [5, 5.41) is 0.133. The largest absolute Gasteiger partial charge is 0.527 e. The smallest absolute Gasteiger partial charge is 0.497 e. The van der Waals surface area contributed by atoms with E-state index in [2.05, 4.69) is 40.6 Å². The Kier molecular flexibility index (Phi) is 14.6. The minimum Gasteiger partial charge on any atom is -0.497 e. The zero-order valence-corrected chi connectivity index (χ0v) is 35.2. The molecule has 0 spiro atoms. The second-order valence-electron chi connectivity index (χ2n) is 13.5. The second kappa shape index (κ2) is 19.8. The molecular formula is C43H49ClN5O9P. The number of H-pyrrole nitrogens is 1. The van der Waals surface area contributed by atoms with Crippen molar-refractivity contribution in [3.05, 3.63) is 148 Å². The quantitative estimate of drug-likeness (QED) is 0.0715. The number of aromatic amines is 1. The molecule has 1 aliphatic rings. The Morgan fingerprint density at radius 3 is 2.00 bits per heavy atom. The van der Waals surface area contributed by atoms with E-state index < -0.39 is 37.4 Å². The number of methoxy groups -OCH3 is 2. The Balaban J connectivity index is 0.000000768. The third-order valence-corrected chi connectivity index (χ3v) is 11.4. The van der Waals surface area contributed by atoms with Gasteiger partial charge in [0.15, 0.2) is 11.2 Å². The van der Waals surface area contributed by atoms with Crippen LogP contribution in [0.25, 0.3) is 11.2 Å². The molecule has 7 rings (SSSR count). The van der Waals surface area contributed by atoms with Crippen LogP contribution in [0.15, 0.2) is 121 Å². The molecule has 6 aromatic rings. The molecule has 0 radical (unpaired) electrons.